The Kier molecular flexibility index (Phi) is 5.45. The Balaban J connectivity index is 1.56. The normalized spacial score (nSPS) is 17.8. The van der Waals surface area contributed by atoms with Crippen molar-refractivity contribution in [3.63, 3.8) is 0 Å². The Bertz CT molecular complexity index is 1950. The minimum Gasteiger partial charge on any atom is -0.450 e. The summed E-state index contributed by atoms with van der Waals surface area (Å²) in [6, 6.07) is 19.7. The molecule has 10 heteroatoms. The van der Waals surface area contributed by atoms with Crippen molar-refractivity contribution in [2.45, 2.75) is 32.4 Å². The lowest BCUT2D eigenvalue weighted by molar-refractivity contribution is -0.121. The molecule has 1 spiro atoms. The Morgan fingerprint density at radius 2 is 1.77 bits per heavy atom. The standard InChI is InChI=1S/C30H21ClN4O4S/c1-3-23-32-33-29(40-23)35-27(37)26-24(25(36)19-14-18(31)12-13-22(19)39-26)30(35)20-10-6-7-11-21(20)34(28(30)38)15-17-9-5-4-8-16(17)2/h4-14H,3,15H2,1-2H3. The van der Waals surface area contributed by atoms with Crippen molar-refractivity contribution in [2.75, 3.05) is 9.80 Å². The first kappa shape index (κ1) is 24.7. The van der Waals surface area contributed by atoms with Gasteiger partial charge in [-0.05, 0) is 48.7 Å². The van der Waals surface area contributed by atoms with Gasteiger partial charge in [-0.3, -0.25) is 19.3 Å². The van der Waals surface area contributed by atoms with Gasteiger partial charge in [-0.1, -0.05) is 72.3 Å². The third-order valence-electron chi connectivity index (χ3n) is 7.63. The van der Waals surface area contributed by atoms with Crippen LogP contribution in [0.2, 0.25) is 5.02 Å². The fourth-order valence-corrected chi connectivity index (χ4v) is 6.73. The van der Waals surface area contributed by atoms with Gasteiger partial charge in [0.15, 0.2) is 11.0 Å². The van der Waals surface area contributed by atoms with Crippen molar-refractivity contribution >= 4 is 56.5 Å². The molecule has 3 aromatic carbocycles. The number of carbonyl (C=O) groups excluding carboxylic acids is 2. The highest BCUT2D eigenvalue weighted by Crippen LogP contribution is 2.54. The van der Waals surface area contributed by atoms with E-state index in [1.165, 1.54) is 22.3 Å². The maximum atomic E-state index is 14.9. The molecular weight excluding hydrogens is 548 g/mol. The second kappa shape index (κ2) is 8.84. The van der Waals surface area contributed by atoms with Gasteiger partial charge >= 0.3 is 0 Å². The molecule has 2 aliphatic rings. The first-order chi connectivity index (χ1) is 19.4. The van der Waals surface area contributed by atoms with Gasteiger partial charge < -0.3 is 9.32 Å². The Hall–Kier alpha value is -4.34. The van der Waals surface area contributed by atoms with Gasteiger partial charge in [-0.25, -0.2) is 0 Å². The summed E-state index contributed by atoms with van der Waals surface area (Å²) in [4.78, 5) is 46.4. The van der Waals surface area contributed by atoms with Crippen LogP contribution in [-0.4, -0.2) is 22.0 Å². The molecule has 7 rings (SSSR count). The van der Waals surface area contributed by atoms with E-state index in [0.717, 1.165) is 11.1 Å². The number of carbonyl (C=O) groups is 2. The summed E-state index contributed by atoms with van der Waals surface area (Å²) in [6.45, 7) is 4.17. The van der Waals surface area contributed by atoms with E-state index in [4.69, 9.17) is 16.0 Å². The van der Waals surface area contributed by atoms with Crippen LogP contribution >= 0.6 is 22.9 Å². The number of amides is 2. The largest absolute Gasteiger partial charge is 0.450 e. The van der Waals surface area contributed by atoms with E-state index in [0.29, 0.717) is 27.7 Å². The van der Waals surface area contributed by atoms with Crippen LogP contribution in [0.1, 0.15) is 44.7 Å². The molecule has 40 heavy (non-hydrogen) atoms. The average Bonchev–Trinajstić information content (AvgIpc) is 3.60. The fraction of sp³-hybridized carbons (Fsp3) is 0.167. The maximum Gasteiger partial charge on any atom is 0.297 e. The molecular formula is C30H21ClN4O4S. The fourth-order valence-electron chi connectivity index (χ4n) is 5.73. The minimum absolute atomic E-state index is 0.0368. The van der Waals surface area contributed by atoms with Crippen molar-refractivity contribution < 1.29 is 14.0 Å². The van der Waals surface area contributed by atoms with Crippen LogP contribution in [-0.2, 0) is 23.3 Å². The molecule has 1 atom stereocenters. The number of anilines is 2. The van der Waals surface area contributed by atoms with Crippen LogP contribution in [0.4, 0.5) is 10.8 Å². The van der Waals surface area contributed by atoms with Gasteiger partial charge in [0.25, 0.3) is 11.8 Å². The number of aryl methyl sites for hydroxylation is 2. The molecule has 0 fully saturated rings. The molecule has 0 saturated heterocycles. The number of rotatable bonds is 4. The molecule has 1 unspecified atom stereocenters. The van der Waals surface area contributed by atoms with Crippen LogP contribution in [0, 0.1) is 6.92 Å². The number of aromatic nitrogens is 2. The van der Waals surface area contributed by atoms with Crippen LogP contribution in [0.25, 0.3) is 11.0 Å². The molecule has 5 aromatic rings. The lowest BCUT2D eigenvalue weighted by atomic mass is 9.84. The first-order valence-electron chi connectivity index (χ1n) is 12.8. The van der Waals surface area contributed by atoms with Crippen molar-refractivity contribution in [3.8, 4) is 0 Å². The van der Waals surface area contributed by atoms with E-state index in [1.807, 2.05) is 50.2 Å². The number of hydrogen-bond acceptors (Lipinski definition) is 7. The lowest BCUT2D eigenvalue weighted by Crippen LogP contribution is -2.53. The summed E-state index contributed by atoms with van der Waals surface area (Å²) in [7, 11) is 0. The van der Waals surface area contributed by atoms with Crippen LogP contribution in [0.3, 0.4) is 0 Å². The van der Waals surface area contributed by atoms with E-state index >= 15 is 0 Å². The van der Waals surface area contributed by atoms with Crippen molar-refractivity contribution in [3.05, 3.63) is 115 Å². The topological polar surface area (TPSA) is 96.6 Å². The van der Waals surface area contributed by atoms with E-state index in [-0.39, 0.29) is 34.0 Å². The highest BCUT2D eigenvalue weighted by molar-refractivity contribution is 7.15. The second-order valence-electron chi connectivity index (χ2n) is 9.79. The minimum atomic E-state index is -1.83. The third-order valence-corrected chi connectivity index (χ3v) is 8.91. The molecule has 8 nitrogen and oxygen atoms in total. The summed E-state index contributed by atoms with van der Waals surface area (Å²) in [6.07, 6.45) is 0.600. The summed E-state index contributed by atoms with van der Waals surface area (Å²) >= 11 is 7.46. The maximum absolute atomic E-state index is 14.9. The van der Waals surface area contributed by atoms with Crippen LogP contribution < -0.4 is 15.2 Å². The predicted molar refractivity (Wildman–Crippen MR) is 153 cm³/mol. The molecule has 0 N–H and O–H groups in total. The smallest absolute Gasteiger partial charge is 0.297 e. The molecule has 2 amide bonds. The van der Waals surface area contributed by atoms with E-state index in [2.05, 4.69) is 10.2 Å². The Morgan fingerprint density at radius 1 is 1.00 bits per heavy atom. The van der Waals surface area contributed by atoms with Crippen molar-refractivity contribution in [1.29, 1.82) is 0 Å². The molecule has 2 aromatic heterocycles. The highest BCUT2D eigenvalue weighted by atomic mass is 35.5. The molecule has 198 valence electrons. The molecule has 0 saturated carbocycles. The van der Waals surface area contributed by atoms with Gasteiger partial charge in [0.05, 0.1) is 23.2 Å². The molecule has 4 heterocycles. The number of halogens is 1. The number of para-hydroxylation sites is 1. The molecule has 0 radical (unpaired) electrons. The SMILES string of the molecule is CCc1nnc(N2C(=O)c3oc4ccc(Cl)cc4c(=O)c3C23C(=O)N(Cc2ccccc2C)c2ccccc23)s1. The zero-order chi connectivity index (χ0) is 27.8. The van der Waals surface area contributed by atoms with Gasteiger partial charge in [0.1, 0.15) is 10.6 Å². The predicted octanol–water partition coefficient (Wildman–Crippen LogP) is 5.62. The summed E-state index contributed by atoms with van der Waals surface area (Å²) < 4.78 is 6.10. The van der Waals surface area contributed by atoms with E-state index in [9.17, 15) is 14.4 Å². The van der Waals surface area contributed by atoms with Crippen LogP contribution in [0.5, 0.6) is 0 Å². The average molecular weight is 569 g/mol. The second-order valence-corrected chi connectivity index (χ2v) is 11.3. The van der Waals surface area contributed by atoms with Crippen molar-refractivity contribution in [1.82, 2.24) is 10.2 Å². The number of fused-ring (bicyclic) bond motifs is 5. The monoisotopic (exact) mass is 568 g/mol. The molecule has 0 aliphatic carbocycles. The Labute approximate surface area is 237 Å². The quantitative estimate of drug-likeness (QED) is 0.279. The van der Waals surface area contributed by atoms with E-state index < -0.39 is 22.8 Å². The number of hydrogen-bond donors (Lipinski definition) is 0. The highest BCUT2D eigenvalue weighted by Gasteiger charge is 2.66. The van der Waals surface area contributed by atoms with Gasteiger partial charge in [-0.15, -0.1) is 10.2 Å². The zero-order valence-electron chi connectivity index (χ0n) is 21.5. The molecule has 0 bridgehead atoms. The summed E-state index contributed by atoms with van der Waals surface area (Å²) in [5.74, 6) is -1.25. The summed E-state index contributed by atoms with van der Waals surface area (Å²) in [5, 5.41) is 9.97. The van der Waals surface area contributed by atoms with Gasteiger partial charge in [0.2, 0.25) is 10.9 Å². The van der Waals surface area contributed by atoms with Crippen molar-refractivity contribution in [2.24, 2.45) is 0 Å². The van der Waals surface area contributed by atoms with E-state index in [1.54, 1.807) is 29.2 Å². The van der Waals surface area contributed by atoms with Gasteiger partial charge in [-0.2, -0.15) is 0 Å². The van der Waals surface area contributed by atoms with Crippen LogP contribution in [0.15, 0.2) is 75.9 Å². The zero-order valence-corrected chi connectivity index (χ0v) is 23.0. The first-order valence-corrected chi connectivity index (χ1v) is 14.0. The molecule has 2 aliphatic heterocycles. The number of benzene rings is 3. The lowest BCUT2D eigenvalue weighted by Gasteiger charge is -2.32. The van der Waals surface area contributed by atoms with Gasteiger partial charge in [0, 0.05) is 10.6 Å². The number of nitrogens with zero attached hydrogens (tertiary/aromatic N) is 4. The summed E-state index contributed by atoms with van der Waals surface area (Å²) in [5.41, 5.74) is 0.926. The Morgan fingerprint density at radius 3 is 2.55 bits per heavy atom. The third kappa shape index (κ3) is 3.22.